The van der Waals surface area contributed by atoms with E-state index in [1.165, 1.54) is 35.1 Å². The predicted molar refractivity (Wildman–Crippen MR) is 91.6 cm³/mol. The van der Waals surface area contributed by atoms with E-state index in [0.717, 1.165) is 0 Å². The number of rotatable bonds is 6. The Morgan fingerprint density at radius 1 is 0.905 bits per heavy atom. The van der Waals surface area contributed by atoms with Gasteiger partial charge in [-0.15, -0.1) is 0 Å². The molecule has 2 aromatic rings. The molecule has 2 aromatic carbocycles. The van der Waals surface area contributed by atoms with Crippen molar-refractivity contribution in [1.29, 1.82) is 0 Å². The predicted octanol–water partition coefficient (Wildman–Crippen LogP) is 5.50. The summed E-state index contributed by atoms with van der Waals surface area (Å²) in [5.41, 5.74) is 5.44. The van der Waals surface area contributed by atoms with E-state index < -0.39 is 0 Å². The van der Waals surface area contributed by atoms with E-state index in [1.807, 2.05) is 0 Å². The van der Waals surface area contributed by atoms with Crippen molar-refractivity contribution in [1.82, 2.24) is 5.32 Å². The minimum atomic E-state index is 0.361. The highest BCUT2D eigenvalue weighted by Gasteiger charge is 2.14. The highest BCUT2D eigenvalue weighted by atomic mass is 14.9. The molecular formula is C20H27N. The fourth-order valence-corrected chi connectivity index (χ4v) is 2.98. The van der Waals surface area contributed by atoms with E-state index in [-0.39, 0.29) is 0 Å². The molecule has 2 atom stereocenters. The van der Waals surface area contributed by atoms with E-state index in [2.05, 4.69) is 81.5 Å². The second-order valence-corrected chi connectivity index (χ2v) is 6.06. The fraction of sp³-hybridized carbons (Fsp3) is 0.400. The van der Waals surface area contributed by atoms with E-state index in [0.29, 0.717) is 12.1 Å². The minimum absolute atomic E-state index is 0.361. The summed E-state index contributed by atoms with van der Waals surface area (Å²) in [6, 6.07) is 18.4. The molecule has 0 bridgehead atoms. The van der Waals surface area contributed by atoms with Crippen molar-refractivity contribution < 1.29 is 0 Å². The molecule has 21 heavy (non-hydrogen) atoms. The number of aryl methyl sites for hydroxylation is 2. The highest BCUT2D eigenvalue weighted by molar-refractivity contribution is 5.31. The third-order valence-electron chi connectivity index (χ3n) is 3.97. The van der Waals surface area contributed by atoms with Gasteiger partial charge in [0.1, 0.15) is 0 Å². The van der Waals surface area contributed by atoms with Crippen LogP contribution < -0.4 is 5.32 Å². The molecule has 1 nitrogen and oxygen atoms in total. The molecule has 2 unspecified atom stereocenters. The van der Waals surface area contributed by atoms with E-state index in [4.69, 9.17) is 0 Å². The SMILES string of the molecule is CCCC(NC(C)c1cc(C)cc(C)c1)c1ccccc1. The Balaban J connectivity index is 2.16. The van der Waals surface area contributed by atoms with Crippen LogP contribution in [0.1, 0.15) is 61.0 Å². The topological polar surface area (TPSA) is 12.0 Å². The molecule has 2 rings (SSSR count). The molecule has 0 saturated carbocycles. The van der Waals surface area contributed by atoms with Gasteiger partial charge in [0.25, 0.3) is 0 Å². The molecule has 1 heteroatoms. The lowest BCUT2D eigenvalue weighted by molar-refractivity contribution is 0.439. The van der Waals surface area contributed by atoms with Crippen LogP contribution in [-0.2, 0) is 0 Å². The molecule has 0 amide bonds. The van der Waals surface area contributed by atoms with Gasteiger partial charge in [0, 0.05) is 12.1 Å². The van der Waals surface area contributed by atoms with Gasteiger partial charge in [-0.25, -0.2) is 0 Å². The van der Waals surface area contributed by atoms with Crippen molar-refractivity contribution in [3.63, 3.8) is 0 Å². The monoisotopic (exact) mass is 281 g/mol. The molecule has 0 fully saturated rings. The zero-order valence-corrected chi connectivity index (χ0v) is 13.7. The summed E-state index contributed by atoms with van der Waals surface area (Å²) in [4.78, 5) is 0. The third-order valence-corrected chi connectivity index (χ3v) is 3.97. The zero-order chi connectivity index (χ0) is 15.2. The molecule has 0 spiro atoms. The molecule has 0 aromatic heterocycles. The molecule has 0 radical (unpaired) electrons. The van der Waals surface area contributed by atoms with Gasteiger partial charge in [-0.3, -0.25) is 0 Å². The Kier molecular flexibility index (Phi) is 5.58. The molecule has 0 aliphatic carbocycles. The van der Waals surface area contributed by atoms with Crippen LogP contribution in [0.5, 0.6) is 0 Å². The summed E-state index contributed by atoms with van der Waals surface area (Å²) in [6.45, 7) is 8.85. The molecule has 0 heterocycles. The molecule has 0 aliphatic rings. The lowest BCUT2D eigenvalue weighted by atomic mass is 9.98. The first kappa shape index (κ1) is 15.8. The van der Waals surface area contributed by atoms with E-state index >= 15 is 0 Å². The van der Waals surface area contributed by atoms with Gasteiger partial charge in [-0.2, -0.15) is 0 Å². The van der Waals surface area contributed by atoms with Crippen molar-refractivity contribution in [3.8, 4) is 0 Å². The maximum Gasteiger partial charge on any atom is 0.0325 e. The zero-order valence-electron chi connectivity index (χ0n) is 13.7. The summed E-state index contributed by atoms with van der Waals surface area (Å²) in [5, 5.41) is 3.80. The van der Waals surface area contributed by atoms with Crippen molar-refractivity contribution in [3.05, 3.63) is 70.8 Å². The first-order valence-corrected chi connectivity index (χ1v) is 7.99. The van der Waals surface area contributed by atoms with Crippen LogP contribution in [0.2, 0.25) is 0 Å². The Hall–Kier alpha value is -1.60. The summed E-state index contributed by atoms with van der Waals surface area (Å²) in [5.74, 6) is 0. The summed E-state index contributed by atoms with van der Waals surface area (Å²) < 4.78 is 0. The normalized spacial score (nSPS) is 13.9. The molecule has 112 valence electrons. The number of hydrogen-bond acceptors (Lipinski definition) is 1. The molecule has 1 N–H and O–H groups in total. The molecule has 0 aliphatic heterocycles. The third kappa shape index (κ3) is 4.44. The van der Waals surface area contributed by atoms with Gasteiger partial charge in [0.05, 0.1) is 0 Å². The van der Waals surface area contributed by atoms with Gasteiger partial charge in [-0.1, -0.05) is 73.0 Å². The van der Waals surface area contributed by atoms with Crippen LogP contribution in [0.15, 0.2) is 48.5 Å². The average Bonchev–Trinajstić information content (AvgIpc) is 2.46. The van der Waals surface area contributed by atoms with E-state index in [9.17, 15) is 0 Å². The van der Waals surface area contributed by atoms with Crippen LogP contribution in [-0.4, -0.2) is 0 Å². The fourth-order valence-electron chi connectivity index (χ4n) is 2.98. The first-order chi connectivity index (χ1) is 10.1. The van der Waals surface area contributed by atoms with E-state index in [1.54, 1.807) is 0 Å². The van der Waals surface area contributed by atoms with Crippen molar-refractivity contribution >= 4 is 0 Å². The van der Waals surface area contributed by atoms with Gasteiger partial charge in [-0.05, 0) is 38.3 Å². The summed E-state index contributed by atoms with van der Waals surface area (Å²) >= 11 is 0. The van der Waals surface area contributed by atoms with Crippen molar-refractivity contribution in [2.45, 2.75) is 52.6 Å². The van der Waals surface area contributed by atoms with Gasteiger partial charge in [0.15, 0.2) is 0 Å². The van der Waals surface area contributed by atoms with Gasteiger partial charge < -0.3 is 5.32 Å². The average molecular weight is 281 g/mol. The largest absolute Gasteiger partial charge is 0.303 e. The summed E-state index contributed by atoms with van der Waals surface area (Å²) in [7, 11) is 0. The quantitative estimate of drug-likeness (QED) is 0.737. The number of hydrogen-bond donors (Lipinski definition) is 1. The number of benzene rings is 2. The van der Waals surface area contributed by atoms with Crippen molar-refractivity contribution in [2.24, 2.45) is 0 Å². The molecular weight excluding hydrogens is 254 g/mol. The maximum absolute atomic E-state index is 3.80. The Morgan fingerprint density at radius 2 is 1.52 bits per heavy atom. The molecule has 0 saturated heterocycles. The smallest absolute Gasteiger partial charge is 0.0325 e. The van der Waals surface area contributed by atoms with Crippen LogP contribution in [0, 0.1) is 13.8 Å². The second-order valence-electron chi connectivity index (χ2n) is 6.06. The van der Waals surface area contributed by atoms with Crippen LogP contribution in [0.4, 0.5) is 0 Å². The Morgan fingerprint density at radius 3 is 2.10 bits per heavy atom. The highest BCUT2D eigenvalue weighted by Crippen LogP contribution is 2.24. The standard InChI is InChI=1S/C20H27N/c1-5-9-20(18-10-7-6-8-11-18)21-17(4)19-13-15(2)12-16(3)14-19/h6-8,10-14,17,20-21H,5,9H2,1-4H3. The van der Waals surface area contributed by atoms with Crippen LogP contribution in [0.25, 0.3) is 0 Å². The number of nitrogens with one attached hydrogen (secondary N) is 1. The van der Waals surface area contributed by atoms with Crippen LogP contribution in [0.3, 0.4) is 0 Å². The van der Waals surface area contributed by atoms with Crippen LogP contribution >= 0.6 is 0 Å². The van der Waals surface area contributed by atoms with Crippen molar-refractivity contribution in [2.75, 3.05) is 0 Å². The second kappa shape index (κ2) is 7.42. The van der Waals surface area contributed by atoms with Gasteiger partial charge in [0.2, 0.25) is 0 Å². The van der Waals surface area contributed by atoms with Gasteiger partial charge >= 0.3 is 0 Å². The first-order valence-electron chi connectivity index (χ1n) is 7.99. The lowest BCUT2D eigenvalue weighted by Crippen LogP contribution is -2.24. The maximum atomic E-state index is 3.80. The lowest BCUT2D eigenvalue weighted by Gasteiger charge is -2.24. The Bertz CT molecular complexity index is 539. The summed E-state index contributed by atoms with van der Waals surface area (Å²) in [6.07, 6.45) is 2.35. The Labute approximate surface area is 129 Å². The minimum Gasteiger partial charge on any atom is -0.303 e.